The van der Waals surface area contributed by atoms with E-state index in [1.54, 1.807) is 19.1 Å². The van der Waals surface area contributed by atoms with Gasteiger partial charge in [-0.1, -0.05) is 12.1 Å². The maximum absolute atomic E-state index is 13.0. The topological polar surface area (TPSA) is 106 Å². The summed E-state index contributed by atoms with van der Waals surface area (Å²) in [6, 6.07) is 10.6. The Morgan fingerprint density at radius 2 is 2.09 bits per heavy atom. The summed E-state index contributed by atoms with van der Waals surface area (Å²) in [7, 11) is 0. The summed E-state index contributed by atoms with van der Waals surface area (Å²) in [5.74, 6) is 1.26. The fourth-order valence-electron chi connectivity index (χ4n) is 3.86. The summed E-state index contributed by atoms with van der Waals surface area (Å²) in [6.45, 7) is 6.43. The lowest BCUT2D eigenvalue weighted by Gasteiger charge is -2.20. The molecule has 0 unspecified atom stereocenters. The van der Waals surface area contributed by atoms with Gasteiger partial charge in [0.2, 0.25) is 0 Å². The second-order valence-corrected chi connectivity index (χ2v) is 9.36. The van der Waals surface area contributed by atoms with Crippen molar-refractivity contribution in [3.05, 3.63) is 53.1 Å². The van der Waals surface area contributed by atoms with Gasteiger partial charge in [-0.15, -0.1) is 11.8 Å². The summed E-state index contributed by atoms with van der Waals surface area (Å²) in [4.78, 5) is 37.3. The smallest absolute Gasteiger partial charge is 0.322 e. The van der Waals surface area contributed by atoms with Crippen molar-refractivity contribution < 1.29 is 23.9 Å². The predicted octanol–water partition coefficient (Wildman–Crippen LogP) is 3.03. The molecule has 4 amide bonds. The zero-order valence-corrected chi connectivity index (χ0v) is 19.6. The van der Waals surface area contributed by atoms with E-state index in [9.17, 15) is 14.4 Å². The van der Waals surface area contributed by atoms with Gasteiger partial charge in [-0.2, -0.15) is 0 Å². The minimum absolute atomic E-state index is 0.122. The number of rotatable bonds is 8. The zero-order chi connectivity index (χ0) is 23.6. The van der Waals surface area contributed by atoms with Gasteiger partial charge in [0.1, 0.15) is 23.1 Å². The second-order valence-electron chi connectivity index (χ2n) is 8.34. The van der Waals surface area contributed by atoms with Gasteiger partial charge in [0.25, 0.3) is 11.8 Å². The summed E-state index contributed by atoms with van der Waals surface area (Å²) >= 11 is 1.35. The number of hydrogen-bond donors (Lipinski definition) is 3. The van der Waals surface area contributed by atoms with E-state index in [4.69, 9.17) is 9.47 Å². The van der Waals surface area contributed by atoms with Gasteiger partial charge >= 0.3 is 6.03 Å². The molecule has 9 heteroatoms. The molecule has 2 aliphatic heterocycles. The van der Waals surface area contributed by atoms with Gasteiger partial charge in [0, 0.05) is 34.7 Å². The number of nitrogens with one attached hydrogen (secondary N) is 3. The van der Waals surface area contributed by atoms with Crippen molar-refractivity contribution in [3.8, 4) is 11.5 Å². The molecular weight excluding hydrogens is 442 g/mol. The summed E-state index contributed by atoms with van der Waals surface area (Å²) < 4.78 is 11.7. The van der Waals surface area contributed by atoms with Crippen LogP contribution in [-0.4, -0.2) is 41.8 Å². The highest BCUT2D eigenvalue weighted by Gasteiger charge is 2.42. The average Bonchev–Trinajstić information content (AvgIpc) is 3.27. The Balaban J connectivity index is 1.46. The van der Waals surface area contributed by atoms with Gasteiger partial charge in [-0.3, -0.25) is 14.9 Å². The number of benzene rings is 2. The molecule has 0 radical (unpaired) electrons. The molecule has 2 atom stereocenters. The highest BCUT2D eigenvalue weighted by Crippen LogP contribution is 2.35. The van der Waals surface area contributed by atoms with Crippen LogP contribution < -0.4 is 25.4 Å². The molecular formula is C24H27N3O5S. The number of carbonyl (C=O) groups excluding carboxylic acids is 3. The van der Waals surface area contributed by atoms with Crippen LogP contribution in [0, 0.1) is 0 Å². The number of thioether (sulfide) groups is 1. The lowest BCUT2D eigenvalue weighted by molar-refractivity contribution is -0.122. The molecule has 33 heavy (non-hydrogen) atoms. The van der Waals surface area contributed by atoms with E-state index in [2.05, 4.69) is 16.0 Å². The number of carbonyl (C=O) groups is 3. The molecule has 0 aromatic heterocycles. The normalized spacial score (nSPS) is 21.1. The molecule has 2 aliphatic rings. The highest BCUT2D eigenvalue weighted by molar-refractivity contribution is 7.99. The van der Waals surface area contributed by atoms with Crippen molar-refractivity contribution in [2.24, 2.45) is 0 Å². The van der Waals surface area contributed by atoms with E-state index in [0.717, 1.165) is 33.9 Å². The van der Waals surface area contributed by atoms with E-state index in [1.807, 2.05) is 38.1 Å². The van der Waals surface area contributed by atoms with Crippen LogP contribution in [0.25, 0.3) is 0 Å². The number of amides is 4. The number of imide groups is 1. The summed E-state index contributed by atoms with van der Waals surface area (Å²) in [5, 5.41) is 7.87. The van der Waals surface area contributed by atoms with Crippen molar-refractivity contribution >= 4 is 29.6 Å². The molecule has 1 saturated heterocycles. The maximum Gasteiger partial charge on any atom is 0.322 e. The maximum atomic E-state index is 13.0. The Hall–Kier alpha value is -3.20. The Labute approximate surface area is 196 Å². The number of hydrogen-bond acceptors (Lipinski definition) is 6. The lowest BCUT2D eigenvalue weighted by Crippen LogP contribution is -2.46. The quantitative estimate of drug-likeness (QED) is 0.405. The van der Waals surface area contributed by atoms with Gasteiger partial charge in [-0.05, 0) is 45.0 Å². The molecule has 3 N–H and O–H groups in total. The minimum Gasteiger partial charge on any atom is -0.494 e. The molecule has 0 bridgehead atoms. The molecule has 0 spiro atoms. The van der Waals surface area contributed by atoms with Crippen molar-refractivity contribution in [2.45, 2.75) is 50.3 Å². The average molecular weight is 470 g/mol. The third-order valence-corrected chi connectivity index (χ3v) is 6.97. The fourth-order valence-corrected chi connectivity index (χ4v) is 5.00. The molecule has 174 valence electrons. The van der Waals surface area contributed by atoms with Crippen LogP contribution in [0.4, 0.5) is 4.79 Å². The van der Waals surface area contributed by atoms with Crippen LogP contribution in [0.2, 0.25) is 0 Å². The van der Waals surface area contributed by atoms with E-state index >= 15 is 0 Å². The van der Waals surface area contributed by atoms with Crippen molar-refractivity contribution in [3.63, 3.8) is 0 Å². The highest BCUT2D eigenvalue weighted by atomic mass is 32.2. The first kappa shape index (κ1) is 23.0. The van der Waals surface area contributed by atoms with Crippen molar-refractivity contribution in [1.82, 2.24) is 16.0 Å². The van der Waals surface area contributed by atoms with Crippen LogP contribution in [0.15, 0.2) is 41.3 Å². The number of ether oxygens (including phenoxy) is 2. The first-order chi connectivity index (χ1) is 15.8. The molecule has 0 saturated carbocycles. The first-order valence-corrected chi connectivity index (χ1v) is 11.9. The van der Waals surface area contributed by atoms with Gasteiger partial charge in [0.15, 0.2) is 0 Å². The predicted molar refractivity (Wildman–Crippen MR) is 125 cm³/mol. The van der Waals surface area contributed by atoms with Gasteiger partial charge < -0.3 is 20.1 Å². The summed E-state index contributed by atoms with van der Waals surface area (Å²) in [5.41, 5.74) is 1.43. The van der Waals surface area contributed by atoms with Crippen LogP contribution >= 0.6 is 11.8 Å². The fraction of sp³-hybridized carbons (Fsp3) is 0.375. The van der Waals surface area contributed by atoms with E-state index in [-0.39, 0.29) is 24.5 Å². The van der Waals surface area contributed by atoms with E-state index in [1.165, 1.54) is 11.8 Å². The molecule has 1 fully saturated rings. The number of urea groups is 1. The third-order valence-electron chi connectivity index (χ3n) is 5.58. The Kier molecular flexibility index (Phi) is 6.51. The molecule has 0 aliphatic carbocycles. The van der Waals surface area contributed by atoms with Crippen molar-refractivity contribution in [1.29, 1.82) is 0 Å². The zero-order valence-electron chi connectivity index (χ0n) is 18.8. The minimum atomic E-state index is -1.03. The third kappa shape index (κ3) is 4.93. The lowest BCUT2D eigenvalue weighted by atomic mass is 10.1. The molecule has 4 rings (SSSR count). The second kappa shape index (κ2) is 9.35. The van der Waals surface area contributed by atoms with Crippen LogP contribution in [0.5, 0.6) is 11.5 Å². The molecule has 8 nitrogen and oxygen atoms in total. The summed E-state index contributed by atoms with van der Waals surface area (Å²) in [6.07, 6.45) is 0.959. The van der Waals surface area contributed by atoms with Gasteiger partial charge in [0.05, 0.1) is 12.2 Å². The van der Waals surface area contributed by atoms with Crippen LogP contribution in [-0.2, 0) is 17.8 Å². The molecule has 2 aromatic carbocycles. The standard InChI is InChI=1S/C24H27N3O5S/c1-4-31-18-10-15-9-14(2)32-19(15)11-16(18)12-25-21(28)17-7-5-6-8-20(17)33-13-24(3)22(29)26-23(30)27-24/h5-8,10-11,14H,4,9,12-13H2,1-3H3,(H,25,28)(H2,26,27,29,30)/t14-,24+/m0/s1. The molecule has 2 heterocycles. The number of fused-ring (bicyclic) bond motifs is 1. The van der Waals surface area contributed by atoms with Gasteiger partial charge in [-0.25, -0.2) is 4.79 Å². The van der Waals surface area contributed by atoms with E-state index < -0.39 is 11.6 Å². The van der Waals surface area contributed by atoms with Crippen molar-refractivity contribution in [2.75, 3.05) is 12.4 Å². The first-order valence-electron chi connectivity index (χ1n) is 10.9. The SMILES string of the molecule is CCOc1cc2c(cc1CNC(=O)c1ccccc1SC[C@@]1(C)NC(=O)NC1=O)O[C@@H](C)C2. The molecule has 2 aromatic rings. The largest absolute Gasteiger partial charge is 0.494 e. The Morgan fingerprint density at radius 3 is 2.82 bits per heavy atom. The monoisotopic (exact) mass is 469 g/mol. The Bertz CT molecular complexity index is 1110. The van der Waals surface area contributed by atoms with Crippen LogP contribution in [0.1, 0.15) is 42.3 Å². The Morgan fingerprint density at radius 1 is 1.30 bits per heavy atom. The van der Waals surface area contributed by atoms with Crippen LogP contribution in [0.3, 0.4) is 0 Å². The van der Waals surface area contributed by atoms with E-state index in [0.29, 0.717) is 17.9 Å².